The van der Waals surface area contributed by atoms with Crippen LogP contribution in [0.1, 0.15) is 32.3 Å². The van der Waals surface area contributed by atoms with E-state index in [9.17, 15) is 13.6 Å². The first kappa shape index (κ1) is 11.8. The summed E-state index contributed by atoms with van der Waals surface area (Å²) in [6.07, 6.45) is 0. The Hall–Kier alpha value is -1.25. The van der Waals surface area contributed by atoms with Gasteiger partial charge in [-0.15, -0.1) is 0 Å². The Morgan fingerprint density at radius 1 is 1.20 bits per heavy atom. The lowest BCUT2D eigenvalue weighted by Gasteiger charge is -2.14. The van der Waals surface area contributed by atoms with Gasteiger partial charge >= 0.3 is 0 Å². The van der Waals surface area contributed by atoms with Gasteiger partial charge in [0.25, 0.3) is 0 Å². The van der Waals surface area contributed by atoms with Crippen molar-refractivity contribution in [1.29, 1.82) is 0 Å². The molecule has 0 bridgehead atoms. The normalized spacial score (nSPS) is 12.9. The maximum Gasteiger partial charge on any atom is 0.142 e. The molecule has 1 nitrogen and oxygen atoms in total. The predicted molar refractivity (Wildman–Crippen MR) is 54.6 cm³/mol. The van der Waals surface area contributed by atoms with Crippen molar-refractivity contribution in [2.45, 2.75) is 26.7 Å². The van der Waals surface area contributed by atoms with Gasteiger partial charge in [-0.3, -0.25) is 4.79 Å². The summed E-state index contributed by atoms with van der Waals surface area (Å²) in [7, 11) is 0. The third-order valence-electron chi connectivity index (χ3n) is 2.42. The SMILES string of the molecule is CC(C)C(=O)C(C)c1cc(F)ccc1F. The number of Topliss-reactive ketones (excluding diaryl/α,β-unsaturated/α-hetero) is 1. The van der Waals surface area contributed by atoms with Crippen molar-refractivity contribution < 1.29 is 13.6 Å². The summed E-state index contributed by atoms with van der Waals surface area (Å²) in [6.45, 7) is 5.09. The van der Waals surface area contributed by atoms with Crippen molar-refractivity contribution >= 4 is 5.78 Å². The van der Waals surface area contributed by atoms with Gasteiger partial charge in [0.1, 0.15) is 17.4 Å². The second kappa shape index (κ2) is 4.51. The number of carbonyl (C=O) groups is 1. The van der Waals surface area contributed by atoms with Gasteiger partial charge in [0.05, 0.1) is 0 Å². The van der Waals surface area contributed by atoms with Crippen LogP contribution >= 0.6 is 0 Å². The van der Waals surface area contributed by atoms with Gasteiger partial charge in [-0.05, 0) is 18.2 Å². The Morgan fingerprint density at radius 2 is 1.80 bits per heavy atom. The molecular weight excluding hydrogens is 198 g/mol. The smallest absolute Gasteiger partial charge is 0.142 e. The quantitative estimate of drug-likeness (QED) is 0.751. The molecule has 1 aromatic rings. The van der Waals surface area contributed by atoms with Crippen molar-refractivity contribution in [2.24, 2.45) is 5.92 Å². The average molecular weight is 212 g/mol. The van der Waals surface area contributed by atoms with Crippen LogP contribution in [0.4, 0.5) is 8.78 Å². The minimum absolute atomic E-state index is 0.0838. The van der Waals surface area contributed by atoms with Crippen LogP contribution in [-0.4, -0.2) is 5.78 Å². The topological polar surface area (TPSA) is 17.1 Å². The molecule has 82 valence electrons. The molecule has 0 saturated carbocycles. The molecule has 1 unspecified atom stereocenters. The van der Waals surface area contributed by atoms with E-state index in [0.717, 1.165) is 18.2 Å². The van der Waals surface area contributed by atoms with Gasteiger partial charge in [-0.25, -0.2) is 8.78 Å². The highest BCUT2D eigenvalue weighted by molar-refractivity contribution is 5.86. The summed E-state index contributed by atoms with van der Waals surface area (Å²) in [5.74, 6) is -1.91. The molecule has 0 aliphatic heterocycles. The van der Waals surface area contributed by atoms with E-state index in [0.29, 0.717) is 0 Å². The summed E-state index contributed by atoms with van der Waals surface area (Å²) < 4.78 is 26.2. The number of benzene rings is 1. The summed E-state index contributed by atoms with van der Waals surface area (Å²) in [6, 6.07) is 3.18. The Morgan fingerprint density at radius 3 is 2.33 bits per heavy atom. The minimum atomic E-state index is -0.597. The Balaban J connectivity index is 3.05. The van der Waals surface area contributed by atoms with Crippen LogP contribution in [0.3, 0.4) is 0 Å². The highest BCUT2D eigenvalue weighted by Crippen LogP contribution is 2.23. The van der Waals surface area contributed by atoms with Crippen LogP contribution in [0.15, 0.2) is 18.2 Å². The van der Waals surface area contributed by atoms with E-state index in [1.54, 1.807) is 20.8 Å². The zero-order valence-electron chi connectivity index (χ0n) is 9.05. The molecule has 0 heterocycles. The largest absolute Gasteiger partial charge is 0.299 e. The van der Waals surface area contributed by atoms with E-state index in [1.807, 2.05) is 0 Å². The predicted octanol–water partition coefficient (Wildman–Crippen LogP) is 3.29. The van der Waals surface area contributed by atoms with Crippen LogP contribution in [0.5, 0.6) is 0 Å². The summed E-state index contributed by atoms with van der Waals surface area (Å²) in [5, 5.41) is 0. The second-order valence-electron chi connectivity index (χ2n) is 3.94. The zero-order valence-corrected chi connectivity index (χ0v) is 9.05. The van der Waals surface area contributed by atoms with Gasteiger partial charge < -0.3 is 0 Å². The highest BCUT2D eigenvalue weighted by Gasteiger charge is 2.21. The van der Waals surface area contributed by atoms with Crippen molar-refractivity contribution in [1.82, 2.24) is 0 Å². The fourth-order valence-corrected chi connectivity index (χ4v) is 1.50. The number of hydrogen-bond donors (Lipinski definition) is 0. The van der Waals surface area contributed by atoms with E-state index in [4.69, 9.17) is 0 Å². The van der Waals surface area contributed by atoms with Crippen LogP contribution in [0, 0.1) is 17.6 Å². The molecule has 1 rings (SSSR count). The molecule has 0 aliphatic carbocycles. The van der Waals surface area contributed by atoms with Crippen molar-refractivity contribution in [3.63, 3.8) is 0 Å². The average Bonchev–Trinajstić information content (AvgIpc) is 2.19. The second-order valence-corrected chi connectivity index (χ2v) is 3.94. The Labute approximate surface area is 88.1 Å². The number of ketones is 1. The molecule has 0 N–H and O–H groups in total. The van der Waals surface area contributed by atoms with Gasteiger partial charge in [-0.2, -0.15) is 0 Å². The maximum absolute atomic E-state index is 13.3. The van der Waals surface area contributed by atoms with E-state index >= 15 is 0 Å². The van der Waals surface area contributed by atoms with Gasteiger partial charge in [0.2, 0.25) is 0 Å². The van der Waals surface area contributed by atoms with E-state index in [-0.39, 0.29) is 17.3 Å². The third kappa shape index (κ3) is 2.61. The molecule has 0 fully saturated rings. The number of carbonyl (C=O) groups excluding carboxylic acids is 1. The van der Waals surface area contributed by atoms with Gasteiger partial charge in [0, 0.05) is 17.4 Å². The lowest BCUT2D eigenvalue weighted by atomic mass is 9.90. The van der Waals surface area contributed by atoms with Crippen LogP contribution in [0.25, 0.3) is 0 Å². The summed E-state index contributed by atoms with van der Waals surface area (Å²) in [5.41, 5.74) is 0.133. The molecule has 0 radical (unpaired) electrons. The first-order valence-corrected chi connectivity index (χ1v) is 4.92. The molecular formula is C12H14F2O. The lowest BCUT2D eigenvalue weighted by molar-refractivity contribution is -0.123. The molecule has 0 saturated heterocycles. The maximum atomic E-state index is 13.3. The molecule has 15 heavy (non-hydrogen) atoms. The standard InChI is InChI=1S/C12H14F2O/c1-7(2)12(15)8(3)10-6-9(13)4-5-11(10)14/h4-8H,1-3H3. The third-order valence-corrected chi connectivity index (χ3v) is 2.42. The molecule has 1 aromatic carbocycles. The molecule has 0 amide bonds. The monoisotopic (exact) mass is 212 g/mol. The Kier molecular flexibility index (Phi) is 3.56. The minimum Gasteiger partial charge on any atom is -0.299 e. The first-order chi connectivity index (χ1) is 6.93. The van der Waals surface area contributed by atoms with Crippen LogP contribution in [-0.2, 0) is 4.79 Å². The van der Waals surface area contributed by atoms with Crippen molar-refractivity contribution in [3.8, 4) is 0 Å². The summed E-state index contributed by atoms with van der Waals surface area (Å²) in [4.78, 5) is 11.6. The molecule has 1 atom stereocenters. The number of halogens is 2. The fraction of sp³-hybridized carbons (Fsp3) is 0.417. The highest BCUT2D eigenvalue weighted by atomic mass is 19.1. The van der Waals surface area contributed by atoms with E-state index in [1.165, 1.54) is 0 Å². The molecule has 0 aromatic heterocycles. The van der Waals surface area contributed by atoms with Crippen LogP contribution < -0.4 is 0 Å². The number of rotatable bonds is 3. The van der Waals surface area contributed by atoms with E-state index in [2.05, 4.69) is 0 Å². The Bertz CT molecular complexity index is 372. The fourth-order valence-electron chi connectivity index (χ4n) is 1.50. The number of hydrogen-bond acceptors (Lipinski definition) is 1. The van der Waals surface area contributed by atoms with Crippen molar-refractivity contribution in [2.75, 3.05) is 0 Å². The first-order valence-electron chi connectivity index (χ1n) is 4.92. The summed E-state index contributed by atoms with van der Waals surface area (Å²) >= 11 is 0. The molecule has 0 aliphatic rings. The molecule has 0 spiro atoms. The van der Waals surface area contributed by atoms with Gasteiger partial charge in [0.15, 0.2) is 0 Å². The zero-order chi connectivity index (χ0) is 11.6. The van der Waals surface area contributed by atoms with Gasteiger partial charge in [-0.1, -0.05) is 20.8 Å². The van der Waals surface area contributed by atoms with E-state index < -0.39 is 17.6 Å². The molecule has 3 heteroatoms. The van der Waals surface area contributed by atoms with Crippen LogP contribution in [0.2, 0.25) is 0 Å². The lowest BCUT2D eigenvalue weighted by Crippen LogP contribution is -2.16. The van der Waals surface area contributed by atoms with Crippen molar-refractivity contribution in [3.05, 3.63) is 35.4 Å².